The molecule has 0 unspecified atom stereocenters. The second-order valence-corrected chi connectivity index (χ2v) is 11.7. The summed E-state index contributed by atoms with van der Waals surface area (Å²) in [6, 6.07) is 13.7. The lowest BCUT2D eigenvalue weighted by atomic mass is 9.93. The molecule has 0 spiro atoms. The van der Waals surface area contributed by atoms with E-state index >= 15 is 0 Å². The number of sulfonamides is 1. The van der Waals surface area contributed by atoms with Crippen molar-refractivity contribution in [3.63, 3.8) is 0 Å². The third kappa shape index (κ3) is 5.86. The quantitative estimate of drug-likeness (QED) is 0.202. The number of nitrogens with zero attached hydrogens (tertiary/aromatic N) is 6. The highest BCUT2D eigenvalue weighted by atomic mass is 32.2. The number of benzene rings is 2. The van der Waals surface area contributed by atoms with Gasteiger partial charge in [-0.2, -0.15) is 9.97 Å². The molecule has 0 bridgehead atoms. The third-order valence-corrected chi connectivity index (χ3v) is 8.56. The Hall–Kier alpha value is -4.49. The van der Waals surface area contributed by atoms with Crippen LogP contribution in [0.4, 0.5) is 23.1 Å². The molecule has 2 aromatic carbocycles. The van der Waals surface area contributed by atoms with E-state index < -0.39 is 10.0 Å². The van der Waals surface area contributed by atoms with Gasteiger partial charge in [0.1, 0.15) is 0 Å². The van der Waals surface area contributed by atoms with E-state index in [0.717, 1.165) is 31.4 Å². The molecule has 4 N–H and O–H groups in total. The molecular formula is C28H31N9O3S. The Morgan fingerprint density at radius 1 is 1.00 bits per heavy atom. The maximum atomic E-state index is 13.1. The van der Waals surface area contributed by atoms with Gasteiger partial charge in [0.25, 0.3) is 10.0 Å². The molecule has 6 rings (SSSR count). The summed E-state index contributed by atoms with van der Waals surface area (Å²) in [5, 5.41) is 16.6. The fourth-order valence-electron chi connectivity index (χ4n) is 4.94. The van der Waals surface area contributed by atoms with E-state index in [9.17, 15) is 13.5 Å². The number of imidazole rings is 2. The van der Waals surface area contributed by atoms with Gasteiger partial charge in [-0.15, -0.1) is 0 Å². The number of aromatic nitrogens is 6. The first-order valence-electron chi connectivity index (χ1n) is 13.5. The van der Waals surface area contributed by atoms with Gasteiger partial charge in [-0.1, -0.05) is 6.07 Å². The van der Waals surface area contributed by atoms with E-state index in [1.165, 1.54) is 0 Å². The molecule has 0 radical (unpaired) electrons. The molecule has 0 saturated heterocycles. The van der Waals surface area contributed by atoms with Crippen molar-refractivity contribution < 1.29 is 13.5 Å². The van der Waals surface area contributed by atoms with Crippen molar-refractivity contribution in [2.75, 3.05) is 15.4 Å². The van der Waals surface area contributed by atoms with Crippen molar-refractivity contribution in [1.82, 2.24) is 29.1 Å². The molecule has 1 aliphatic carbocycles. The Morgan fingerprint density at radius 3 is 2.54 bits per heavy atom. The van der Waals surface area contributed by atoms with Crippen LogP contribution >= 0.6 is 0 Å². The lowest BCUT2D eigenvalue weighted by Gasteiger charge is -2.26. The fourth-order valence-corrected chi connectivity index (χ4v) is 5.99. The van der Waals surface area contributed by atoms with Gasteiger partial charge in [0.05, 0.1) is 29.3 Å². The summed E-state index contributed by atoms with van der Waals surface area (Å²) in [6.07, 6.45) is 9.77. The number of aryl methyl sites for hydroxylation is 1. The fraction of sp³-hybridized carbons (Fsp3) is 0.286. The molecule has 3 aromatic heterocycles. The topological polar surface area (TPSA) is 152 Å². The van der Waals surface area contributed by atoms with Crippen LogP contribution in [0.25, 0.3) is 16.9 Å². The molecule has 5 aromatic rings. The molecule has 3 heterocycles. The second kappa shape index (κ2) is 11.2. The van der Waals surface area contributed by atoms with Gasteiger partial charge in [0, 0.05) is 36.4 Å². The summed E-state index contributed by atoms with van der Waals surface area (Å²) in [6.45, 7) is 2.72. The molecular weight excluding hydrogens is 542 g/mol. The molecule has 0 amide bonds. The highest BCUT2D eigenvalue weighted by molar-refractivity contribution is 7.92. The van der Waals surface area contributed by atoms with E-state index in [0.29, 0.717) is 40.8 Å². The average molecular weight is 574 g/mol. The van der Waals surface area contributed by atoms with Gasteiger partial charge in [0.15, 0.2) is 17.0 Å². The normalized spacial score (nSPS) is 17.4. The number of fused-ring (bicyclic) bond motifs is 1. The third-order valence-electron chi connectivity index (χ3n) is 7.16. The monoisotopic (exact) mass is 573 g/mol. The van der Waals surface area contributed by atoms with Crippen LogP contribution in [0.5, 0.6) is 0 Å². The number of aliphatic hydroxyl groups excluding tert-OH is 1. The van der Waals surface area contributed by atoms with Crippen molar-refractivity contribution in [3.8, 4) is 5.69 Å². The number of hydrogen-bond acceptors (Lipinski definition) is 9. The van der Waals surface area contributed by atoms with Crippen molar-refractivity contribution in [2.24, 2.45) is 0 Å². The van der Waals surface area contributed by atoms with Crippen LogP contribution < -0.4 is 15.4 Å². The zero-order valence-corrected chi connectivity index (χ0v) is 23.3. The van der Waals surface area contributed by atoms with E-state index in [1.807, 2.05) is 17.6 Å². The van der Waals surface area contributed by atoms with Gasteiger partial charge in [-0.3, -0.25) is 4.72 Å². The highest BCUT2D eigenvalue weighted by Crippen LogP contribution is 2.28. The maximum absolute atomic E-state index is 13.1. The molecule has 41 heavy (non-hydrogen) atoms. The average Bonchev–Trinajstić information content (AvgIpc) is 3.65. The number of hydrogen-bond donors (Lipinski definition) is 4. The van der Waals surface area contributed by atoms with Crippen LogP contribution in [0.2, 0.25) is 0 Å². The van der Waals surface area contributed by atoms with E-state index in [1.54, 1.807) is 72.1 Å². The lowest BCUT2D eigenvalue weighted by molar-refractivity contribution is 0.126. The van der Waals surface area contributed by atoms with E-state index in [2.05, 4.69) is 25.3 Å². The van der Waals surface area contributed by atoms with E-state index in [-0.39, 0.29) is 17.0 Å². The molecule has 0 aliphatic heterocycles. The van der Waals surface area contributed by atoms with Crippen molar-refractivity contribution >= 4 is 44.3 Å². The lowest BCUT2D eigenvalue weighted by Crippen LogP contribution is -2.29. The zero-order chi connectivity index (χ0) is 28.4. The van der Waals surface area contributed by atoms with Gasteiger partial charge in [-0.25, -0.2) is 18.4 Å². The summed E-state index contributed by atoms with van der Waals surface area (Å²) in [5.74, 6) is 1.00. The summed E-state index contributed by atoms with van der Waals surface area (Å²) < 4.78 is 32.6. The molecule has 1 fully saturated rings. The van der Waals surface area contributed by atoms with Crippen molar-refractivity contribution in [3.05, 3.63) is 73.6 Å². The molecule has 12 nitrogen and oxygen atoms in total. The minimum Gasteiger partial charge on any atom is -0.393 e. The maximum Gasteiger partial charge on any atom is 0.261 e. The van der Waals surface area contributed by atoms with Crippen LogP contribution in [-0.2, 0) is 16.6 Å². The van der Waals surface area contributed by atoms with Gasteiger partial charge >= 0.3 is 0 Å². The number of anilines is 4. The Balaban J connectivity index is 1.21. The zero-order valence-electron chi connectivity index (χ0n) is 22.5. The second-order valence-electron chi connectivity index (χ2n) is 10.0. The van der Waals surface area contributed by atoms with Crippen LogP contribution in [-0.4, -0.2) is 54.7 Å². The molecule has 1 saturated carbocycles. The van der Waals surface area contributed by atoms with Gasteiger partial charge in [0.2, 0.25) is 5.95 Å². The van der Waals surface area contributed by atoms with Gasteiger partial charge in [-0.05, 0) is 75.1 Å². The number of rotatable bonds is 9. The van der Waals surface area contributed by atoms with Crippen LogP contribution in [0.3, 0.4) is 0 Å². The first-order valence-corrected chi connectivity index (χ1v) is 15.0. The van der Waals surface area contributed by atoms with Crippen molar-refractivity contribution in [1.29, 1.82) is 0 Å². The summed E-state index contributed by atoms with van der Waals surface area (Å²) in [5.41, 5.74) is 3.21. The Bertz CT molecular complexity index is 1740. The van der Waals surface area contributed by atoms with Gasteiger partial charge < -0.3 is 24.9 Å². The minimum absolute atomic E-state index is 0.126. The summed E-state index contributed by atoms with van der Waals surface area (Å²) in [7, 11) is -3.82. The van der Waals surface area contributed by atoms with E-state index in [4.69, 9.17) is 9.97 Å². The van der Waals surface area contributed by atoms with Crippen molar-refractivity contribution in [2.45, 2.75) is 56.2 Å². The summed E-state index contributed by atoms with van der Waals surface area (Å²) in [4.78, 5) is 18.1. The highest BCUT2D eigenvalue weighted by Gasteiger charge is 2.22. The minimum atomic E-state index is -3.82. The SMILES string of the molecule is CCn1cnc2c(Nc3ccc(S(=O)(=O)Nc4cccc(-n5ccnc5)c4)cc3)nc(NC3CCC(O)CC3)nc21. The Labute approximate surface area is 237 Å². The van der Waals surface area contributed by atoms with Crippen LogP contribution in [0.1, 0.15) is 32.6 Å². The summed E-state index contributed by atoms with van der Waals surface area (Å²) >= 11 is 0. The first-order chi connectivity index (χ1) is 19.9. The molecule has 1 aliphatic rings. The Kier molecular flexibility index (Phi) is 7.28. The largest absolute Gasteiger partial charge is 0.393 e. The predicted octanol–water partition coefficient (Wildman–Crippen LogP) is 4.29. The standard InChI is InChI=1S/C28H31N9O3S/c1-2-36-18-30-25-26(33-28(34-27(25)36)32-20-6-10-23(38)11-7-20)31-19-8-12-24(13-9-19)41(39,40)35-21-4-3-5-22(16-21)37-15-14-29-17-37/h3-5,8-9,12-18,20,23,35,38H,2,6-7,10-11H2,1H3,(H2,31,32,33,34). The predicted molar refractivity (Wildman–Crippen MR) is 157 cm³/mol. The smallest absolute Gasteiger partial charge is 0.261 e. The Morgan fingerprint density at radius 2 is 1.80 bits per heavy atom. The number of aliphatic hydroxyl groups is 1. The number of nitrogens with one attached hydrogen (secondary N) is 3. The molecule has 212 valence electrons. The molecule has 13 heteroatoms. The molecule has 0 atom stereocenters. The van der Waals surface area contributed by atoms with Crippen LogP contribution in [0.15, 0.2) is 78.5 Å². The van der Waals surface area contributed by atoms with Crippen LogP contribution in [0, 0.1) is 0 Å². The first kappa shape index (κ1) is 26.7.